The monoisotopic (exact) mass is 317 g/mol. The molecular weight excluding hydrogens is 299 g/mol. The molecule has 1 aliphatic heterocycles. The number of nitrogens with one attached hydrogen (secondary N) is 2. The first-order valence-corrected chi connectivity index (χ1v) is 7.43. The second kappa shape index (κ2) is 6.76. The molecule has 0 aromatic heterocycles. The maximum absolute atomic E-state index is 12.1. The van der Waals surface area contributed by atoms with Crippen molar-refractivity contribution in [3.63, 3.8) is 0 Å². The SMILES string of the molecule is C[C@@H]1C[NH+](CC(=O)Nc2cc(Cl)ccc2Cl)C[C@@H](C)O1. The van der Waals surface area contributed by atoms with Gasteiger partial charge in [-0.05, 0) is 32.0 Å². The van der Waals surface area contributed by atoms with Crippen LogP contribution in [0.25, 0.3) is 0 Å². The van der Waals surface area contributed by atoms with Gasteiger partial charge in [-0.25, -0.2) is 0 Å². The van der Waals surface area contributed by atoms with E-state index in [-0.39, 0.29) is 18.1 Å². The molecular formula is C14H19Cl2N2O2+. The summed E-state index contributed by atoms with van der Waals surface area (Å²) >= 11 is 11.9. The summed E-state index contributed by atoms with van der Waals surface area (Å²) in [7, 11) is 0. The molecule has 1 aliphatic rings. The smallest absolute Gasteiger partial charge is 0.279 e. The molecule has 20 heavy (non-hydrogen) atoms. The Morgan fingerprint density at radius 3 is 2.65 bits per heavy atom. The van der Waals surface area contributed by atoms with E-state index in [1.807, 2.05) is 13.8 Å². The minimum absolute atomic E-state index is 0.0644. The summed E-state index contributed by atoms with van der Waals surface area (Å²) in [4.78, 5) is 13.3. The zero-order valence-electron chi connectivity index (χ0n) is 11.6. The van der Waals surface area contributed by atoms with Gasteiger partial charge in [0.05, 0.1) is 10.7 Å². The van der Waals surface area contributed by atoms with Gasteiger partial charge in [-0.15, -0.1) is 0 Å². The summed E-state index contributed by atoms with van der Waals surface area (Å²) < 4.78 is 5.66. The van der Waals surface area contributed by atoms with Crippen molar-refractivity contribution in [3.8, 4) is 0 Å². The normalized spacial score (nSPS) is 26.3. The molecule has 4 nitrogen and oxygen atoms in total. The third-order valence-electron chi connectivity index (χ3n) is 3.23. The summed E-state index contributed by atoms with van der Waals surface area (Å²) in [6.45, 7) is 6.13. The molecule has 6 heteroatoms. The number of hydrogen-bond donors (Lipinski definition) is 2. The lowest BCUT2D eigenvalue weighted by atomic mass is 10.2. The Bertz CT molecular complexity index is 486. The molecule has 2 N–H and O–H groups in total. The van der Waals surface area contributed by atoms with Crippen LogP contribution in [0.15, 0.2) is 18.2 Å². The number of rotatable bonds is 3. The molecule has 0 saturated carbocycles. The van der Waals surface area contributed by atoms with E-state index in [4.69, 9.17) is 27.9 Å². The van der Waals surface area contributed by atoms with E-state index < -0.39 is 0 Å². The van der Waals surface area contributed by atoms with Crippen LogP contribution in [0.5, 0.6) is 0 Å². The fraction of sp³-hybridized carbons (Fsp3) is 0.500. The van der Waals surface area contributed by atoms with E-state index in [0.717, 1.165) is 13.1 Å². The van der Waals surface area contributed by atoms with Crippen molar-refractivity contribution in [1.29, 1.82) is 0 Å². The van der Waals surface area contributed by atoms with Gasteiger partial charge in [0.1, 0.15) is 25.3 Å². The number of morpholine rings is 1. The highest BCUT2D eigenvalue weighted by Crippen LogP contribution is 2.25. The Morgan fingerprint density at radius 2 is 2.00 bits per heavy atom. The fourth-order valence-electron chi connectivity index (χ4n) is 2.55. The van der Waals surface area contributed by atoms with Crippen molar-refractivity contribution in [1.82, 2.24) is 0 Å². The van der Waals surface area contributed by atoms with Crippen LogP contribution in [0.3, 0.4) is 0 Å². The van der Waals surface area contributed by atoms with Crippen LogP contribution in [-0.4, -0.2) is 37.7 Å². The lowest BCUT2D eigenvalue weighted by molar-refractivity contribution is -0.907. The summed E-state index contributed by atoms with van der Waals surface area (Å²) in [5, 5.41) is 3.85. The average molecular weight is 318 g/mol. The molecule has 0 radical (unpaired) electrons. The molecule has 1 amide bonds. The summed E-state index contributed by atoms with van der Waals surface area (Å²) in [5.41, 5.74) is 0.554. The quantitative estimate of drug-likeness (QED) is 0.889. The van der Waals surface area contributed by atoms with Crippen molar-refractivity contribution >= 4 is 34.8 Å². The number of halogens is 2. The highest BCUT2D eigenvalue weighted by Gasteiger charge is 2.27. The van der Waals surface area contributed by atoms with Gasteiger partial charge in [0, 0.05) is 5.02 Å². The molecule has 0 aliphatic carbocycles. The molecule has 110 valence electrons. The van der Waals surface area contributed by atoms with Gasteiger partial charge in [0.2, 0.25) is 0 Å². The zero-order chi connectivity index (χ0) is 14.7. The van der Waals surface area contributed by atoms with E-state index in [9.17, 15) is 4.79 Å². The highest BCUT2D eigenvalue weighted by atomic mass is 35.5. The van der Waals surface area contributed by atoms with E-state index in [2.05, 4.69) is 5.32 Å². The van der Waals surface area contributed by atoms with Crippen molar-refractivity contribution in [2.24, 2.45) is 0 Å². The van der Waals surface area contributed by atoms with Gasteiger partial charge in [-0.3, -0.25) is 4.79 Å². The number of ether oxygens (including phenoxy) is 1. The Balaban J connectivity index is 1.93. The molecule has 1 saturated heterocycles. The molecule has 0 unspecified atom stereocenters. The molecule has 1 heterocycles. The Morgan fingerprint density at radius 1 is 1.35 bits per heavy atom. The van der Waals surface area contributed by atoms with E-state index in [0.29, 0.717) is 22.3 Å². The Kier molecular flexibility index (Phi) is 5.27. The Labute approximate surface area is 129 Å². The lowest BCUT2D eigenvalue weighted by Gasteiger charge is -2.31. The predicted molar refractivity (Wildman–Crippen MR) is 80.7 cm³/mol. The number of anilines is 1. The van der Waals surface area contributed by atoms with Gasteiger partial charge in [-0.2, -0.15) is 0 Å². The second-order valence-electron chi connectivity index (χ2n) is 5.26. The van der Waals surface area contributed by atoms with Crippen LogP contribution < -0.4 is 10.2 Å². The largest absolute Gasteiger partial charge is 0.364 e. The van der Waals surface area contributed by atoms with Crippen LogP contribution in [0, 0.1) is 0 Å². The zero-order valence-corrected chi connectivity index (χ0v) is 13.1. The minimum Gasteiger partial charge on any atom is -0.364 e. The third-order valence-corrected chi connectivity index (χ3v) is 3.79. The summed E-state index contributed by atoms with van der Waals surface area (Å²) in [6.07, 6.45) is 0.354. The Hall–Kier alpha value is -0.810. The lowest BCUT2D eigenvalue weighted by Crippen LogP contribution is -3.16. The first-order chi connectivity index (χ1) is 9.44. The van der Waals surface area contributed by atoms with Crippen LogP contribution in [0.2, 0.25) is 10.0 Å². The molecule has 1 aromatic carbocycles. The van der Waals surface area contributed by atoms with E-state index >= 15 is 0 Å². The first kappa shape index (κ1) is 15.6. The fourth-order valence-corrected chi connectivity index (χ4v) is 2.89. The van der Waals surface area contributed by atoms with Gasteiger partial charge >= 0.3 is 0 Å². The number of benzene rings is 1. The highest BCUT2D eigenvalue weighted by molar-refractivity contribution is 6.35. The van der Waals surface area contributed by atoms with Gasteiger partial charge in [0.15, 0.2) is 6.54 Å². The number of amides is 1. The second-order valence-corrected chi connectivity index (χ2v) is 6.11. The van der Waals surface area contributed by atoms with Gasteiger partial charge in [0.25, 0.3) is 5.91 Å². The molecule has 2 atom stereocenters. The summed E-state index contributed by atoms with van der Waals surface area (Å²) in [6, 6.07) is 5.02. The molecule has 0 bridgehead atoms. The van der Waals surface area contributed by atoms with Crippen LogP contribution >= 0.6 is 23.2 Å². The van der Waals surface area contributed by atoms with Crippen LogP contribution in [0.1, 0.15) is 13.8 Å². The third kappa shape index (κ3) is 4.35. The van der Waals surface area contributed by atoms with Gasteiger partial charge < -0.3 is 15.0 Å². The number of carbonyl (C=O) groups excluding carboxylic acids is 1. The standard InChI is InChI=1S/C14H18Cl2N2O2/c1-9-6-18(7-10(2)20-9)8-14(19)17-13-5-11(15)3-4-12(13)16/h3-5,9-10H,6-8H2,1-2H3,(H,17,19)/p+1/t9-,10-/m1/s1. The summed E-state index contributed by atoms with van der Waals surface area (Å²) in [5.74, 6) is -0.0644. The molecule has 0 spiro atoms. The van der Waals surface area contributed by atoms with Gasteiger partial charge in [-0.1, -0.05) is 23.2 Å². The van der Waals surface area contributed by atoms with Crippen molar-refractivity contribution in [2.75, 3.05) is 25.0 Å². The molecule has 1 aromatic rings. The maximum atomic E-state index is 12.1. The number of quaternary nitrogens is 1. The van der Waals surface area contributed by atoms with E-state index in [1.54, 1.807) is 18.2 Å². The first-order valence-electron chi connectivity index (χ1n) is 6.68. The molecule has 1 fully saturated rings. The predicted octanol–water partition coefficient (Wildman–Crippen LogP) is 1.62. The van der Waals surface area contributed by atoms with Crippen LogP contribution in [-0.2, 0) is 9.53 Å². The topological polar surface area (TPSA) is 42.8 Å². The van der Waals surface area contributed by atoms with Crippen molar-refractivity contribution in [2.45, 2.75) is 26.1 Å². The van der Waals surface area contributed by atoms with E-state index in [1.165, 1.54) is 4.90 Å². The average Bonchev–Trinajstić information content (AvgIpc) is 2.32. The number of hydrogen-bond acceptors (Lipinski definition) is 2. The van der Waals surface area contributed by atoms with Crippen molar-refractivity contribution < 1.29 is 14.4 Å². The molecule has 2 rings (SSSR count). The maximum Gasteiger partial charge on any atom is 0.279 e. The minimum atomic E-state index is -0.0644. The van der Waals surface area contributed by atoms with Crippen molar-refractivity contribution in [3.05, 3.63) is 28.2 Å². The van der Waals surface area contributed by atoms with Crippen LogP contribution in [0.4, 0.5) is 5.69 Å². The number of carbonyl (C=O) groups is 1.